The lowest BCUT2D eigenvalue weighted by Gasteiger charge is -2.15. The number of aromatic nitrogens is 2. The predicted octanol–water partition coefficient (Wildman–Crippen LogP) is 2.53. The van der Waals surface area contributed by atoms with Crippen LogP contribution in [-0.4, -0.2) is 16.5 Å². The zero-order chi connectivity index (χ0) is 11.4. The van der Waals surface area contributed by atoms with Crippen molar-refractivity contribution in [2.75, 3.05) is 6.54 Å². The molecule has 0 amide bonds. The zero-order valence-corrected chi connectivity index (χ0v) is 10.4. The van der Waals surface area contributed by atoms with Crippen LogP contribution >= 0.6 is 15.9 Å². The molecule has 0 aromatic carbocycles. The van der Waals surface area contributed by atoms with Gasteiger partial charge in [-0.15, -0.1) is 0 Å². The summed E-state index contributed by atoms with van der Waals surface area (Å²) in [6, 6.07) is 1.93. The minimum Gasteiger partial charge on any atom is -0.457 e. The van der Waals surface area contributed by atoms with Gasteiger partial charge >= 0.3 is 0 Å². The Hall–Kier alpha value is -1.20. The van der Waals surface area contributed by atoms with Crippen molar-refractivity contribution in [1.29, 1.82) is 0 Å². The van der Waals surface area contributed by atoms with Crippen LogP contribution in [0, 0.1) is 0 Å². The fourth-order valence-electron chi connectivity index (χ4n) is 1.55. The summed E-state index contributed by atoms with van der Waals surface area (Å²) in [5, 5.41) is 3.35. The van der Waals surface area contributed by atoms with Crippen LogP contribution in [-0.2, 0) is 0 Å². The third-order valence-corrected chi connectivity index (χ3v) is 2.89. The van der Waals surface area contributed by atoms with Gasteiger partial charge in [0.1, 0.15) is 0 Å². The Balaban J connectivity index is 2.35. The smallest absolute Gasteiger partial charge is 0.174 e. The number of nitrogens with zero attached hydrogens (tertiary/aromatic N) is 2. The summed E-state index contributed by atoms with van der Waals surface area (Å²) >= 11 is 3.38. The van der Waals surface area contributed by atoms with Crippen LogP contribution < -0.4 is 5.32 Å². The van der Waals surface area contributed by atoms with Crippen molar-refractivity contribution >= 4 is 15.9 Å². The van der Waals surface area contributed by atoms with Gasteiger partial charge in [0.15, 0.2) is 4.67 Å². The van der Waals surface area contributed by atoms with E-state index in [-0.39, 0.29) is 6.04 Å². The normalized spacial score (nSPS) is 12.6. The van der Waals surface area contributed by atoms with Crippen LogP contribution in [0.2, 0.25) is 0 Å². The molecule has 5 heteroatoms. The summed E-state index contributed by atoms with van der Waals surface area (Å²) in [7, 11) is 0. The number of furan rings is 1. The molecule has 2 aromatic rings. The van der Waals surface area contributed by atoms with E-state index in [0.717, 1.165) is 22.5 Å². The predicted molar refractivity (Wildman–Crippen MR) is 64.0 cm³/mol. The molecule has 16 heavy (non-hydrogen) atoms. The highest BCUT2D eigenvalue weighted by atomic mass is 79.9. The van der Waals surface area contributed by atoms with Gasteiger partial charge in [-0.3, -0.25) is 9.97 Å². The first kappa shape index (κ1) is 11.3. The van der Waals surface area contributed by atoms with Crippen molar-refractivity contribution in [2.45, 2.75) is 13.0 Å². The molecule has 0 bridgehead atoms. The first-order valence-corrected chi connectivity index (χ1v) is 5.84. The first-order chi connectivity index (χ1) is 7.83. The monoisotopic (exact) mass is 281 g/mol. The lowest BCUT2D eigenvalue weighted by Crippen LogP contribution is -2.22. The molecule has 0 saturated heterocycles. The van der Waals surface area contributed by atoms with E-state index in [9.17, 15) is 0 Å². The highest BCUT2D eigenvalue weighted by Crippen LogP contribution is 2.27. The first-order valence-electron chi connectivity index (χ1n) is 5.05. The number of nitrogens with one attached hydrogen (secondary N) is 1. The molecule has 0 saturated carbocycles. The lowest BCUT2D eigenvalue weighted by molar-refractivity contribution is 0.524. The van der Waals surface area contributed by atoms with Gasteiger partial charge in [0, 0.05) is 18.0 Å². The Morgan fingerprint density at radius 1 is 1.50 bits per heavy atom. The quantitative estimate of drug-likeness (QED) is 0.936. The van der Waals surface area contributed by atoms with Crippen molar-refractivity contribution in [1.82, 2.24) is 15.3 Å². The topological polar surface area (TPSA) is 51.0 Å². The molecular formula is C11H12BrN3O. The molecule has 0 aliphatic heterocycles. The summed E-state index contributed by atoms with van der Waals surface area (Å²) in [5.74, 6) is 0. The lowest BCUT2D eigenvalue weighted by atomic mass is 10.1. The van der Waals surface area contributed by atoms with Crippen LogP contribution in [0.4, 0.5) is 0 Å². The summed E-state index contributed by atoms with van der Waals surface area (Å²) in [5.41, 5.74) is 1.91. The van der Waals surface area contributed by atoms with E-state index in [0.29, 0.717) is 0 Å². The molecule has 0 aliphatic rings. The van der Waals surface area contributed by atoms with E-state index < -0.39 is 0 Å². The molecule has 84 valence electrons. The molecule has 1 N–H and O–H groups in total. The molecule has 1 unspecified atom stereocenters. The second kappa shape index (κ2) is 5.23. The van der Waals surface area contributed by atoms with Crippen molar-refractivity contribution in [3.8, 4) is 0 Å². The summed E-state index contributed by atoms with van der Waals surface area (Å²) in [6.45, 7) is 2.90. The van der Waals surface area contributed by atoms with E-state index in [1.165, 1.54) is 0 Å². The molecule has 0 radical (unpaired) electrons. The minimum absolute atomic E-state index is 0.00632. The van der Waals surface area contributed by atoms with Crippen LogP contribution in [0.5, 0.6) is 0 Å². The largest absolute Gasteiger partial charge is 0.457 e. The maximum absolute atomic E-state index is 5.24. The number of hydrogen-bond donors (Lipinski definition) is 1. The molecule has 0 aliphatic carbocycles. The number of halogens is 1. The molecule has 4 nitrogen and oxygen atoms in total. The van der Waals surface area contributed by atoms with Gasteiger partial charge in [0.2, 0.25) is 0 Å². The SMILES string of the molecule is CCNC(c1cnccn1)c1ccoc1Br. The molecule has 1 atom stereocenters. The van der Waals surface area contributed by atoms with Crippen LogP contribution in [0.1, 0.15) is 24.2 Å². The van der Waals surface area contributed by atoms with E-state index in [1.54, 1.807) is 24.9 Å². The second-order valence-corrected chi connectivity index (χ2v) is 3.99. The minimum atomic E-state index is 0.00632. The zero-order valence-electron chi connectivity index (χ0n) is 8.85. The molecule has 2 heterocycles. The maximum atomic E-state index is 5.24. The van der Waals surface area contributed by atoms with Crippen LogP contribution in [0.25, 0.3) is 0 Å². The fraction of sp³-hybridized carbons (Fsp3) is 0.273. The summed E-state index contributed by atoms with van der Waals surface area (Å²) < 4.78 is 5.97. The Kier molecular flexibility index (Phi) is 3.69. The van der Waals surface area contributed by atoms with Gasteiger partial charge in [-0.25, -0.2) is 0 Å². The van der Waals surface area contributed by atoms with Gasteiger partial charge in [-0.05, 0) is 28.5 Å². The Bertz CT molecular complexity index is 444. The van der Waals surface area contributed by atoms with Gasteiger partial charge in [0.25, 0.3) is 0 Å². The van der Waals surface area contributed by atoms with Crippen molar-refractivity contribution < 1.29 is 4.42 Å². The molecule has 0 fully saturated rings. The second-order valence-electron chi connectivity index (χ2n) is 3.27. The molecule has 0 spiro atoms. The Labute approximate surface area is 102 Å². The van der Waals surface area contributed by atoms with E-state index in [1.807, 2.05) is 6.07 Å². The molecule has 2 rings (SSSR count). The molecule has 2 aromatic heterocycles. The number of rotatable bonds is 4. The third kappa shape index (κ3) is 2.31. The van der Waals surface area contributed by atoms with Gasteiger partial charge in [0.05, 0.1) is 24.2 Å². The van der Waals surface area contributed by atoms with E-state index in [4.69, 9.17) is 4.42 Å². The maximum Gasteiger partial charge on any atom is 0.174 e. The van der Waals surface area contributed by atoms with Crippen molar-refractivity contribution in [3.05, 3.63) is 46.8 Å². The Morgan fingerprint density at radius 3 is 2.94 bits per heavy atom. The van der Waals surface area contributed by atoms with Crippen LogP contribution in [0.3, 0.4) is 0 Å². The fourth-order valence-corrected chi connectivity index (χ4v) is 2.02. The Morgan fingerprint density at radius 2 is 2.38 bits per heavy atom. The van der Waals surface area contributed by atoms with Gasteiger partial charge in [-0.1, -0.05) is 6.92 Å². The average molecular weight is 282 g/mol. The van der Waals surface area contributed by atoms with Crippen LogP contribution in [0.15, 0.2) is 40.0 Å². The molecular weight excluding hydrogens is 270 g/mol. The van der Waals surface area contributed by atoms with Gasteiger partial charge < -0.3 is 9.73 Å². The van der Waals surface area contributed by atoms with E-state index in [2.05, 4.69) is 38.1 Å². The highest BCUT2D eigenvalue weighted by Gasteiger charge is 2.18. The summed E-state index contributed by atoms with van der Waals surface area (Å²) in [4.78, 5) is 8.39. The van der Waals surface area contributed by atoms with Crippen molar-refractivity contribution in [3.63, 3.8) is 0 Å². The number of hydrogen-bond acceptors (Lipinski definition) is 4. The van der Waals surface area contributed by atoms with Gasteiger partial charge in [-0.2, -0.15) is 0 Å². The third-order valence-electron chi connectivity index (χ3n) is 2.24. The van der Waals surface area contributed by atoms with E-state index >= 15 is 0 Å². The average Bonchev–Trinajstić information content (AvgIpc) is 2.73. The summed E-state index contributed by atoms with van der Waals surface area (Å²) in [6.07, 6.45) is 6.76. The standard InChI is InChI=1S/C11H12BrN3O/c1-2-14-10(8-3-6-16-11(8)12)9-7-13-4-5-15-9/h3-7,10,14H,2H2,1H3. The van der Waals surface area contributed by atoms with Crippen molar-refractivity contribution in [2.24, 2.45) is 0 Å². The highest BCUT2D eigenvalue weighted by molar-refractivity contribution is 9.10.